The molecule has 2 aromatic rings. The van der Waals surface area contributed by atoms with E-state index in [9.17, 15) is 0 Å². The predicted octanol–water partition coefficient (Wildman–Crippen LogP) is 1.80. The van der Waals surface area contributed by atoms with E-state index in [-0.39, 0.29) is 0 Å². The fourth-order valence-corrected chi connectivity index (χ4v) is 2.49. The van der Waals surface area contributed by atoms with Gasteiger partial charge in [0.15, 0.2) is 5.82 Å². The number of aromatic nitrogens is 4. The maximum absolute atomic E-state index is 4.71. The molecule has 0 unspecified atom stereocenters. The molecule has 0 saturated carbocycles. The molecule has 0 amide bonds. The number of nitrogens with one attached hydrogen (secondary N) is 1. The lowest BCUT2D eigenvalue weighted by molar-refractivity contribution is 0.664. The van der Waals surface area contributed by atoms with Gasteiger partial charge in [-0.3, -0.25) is 0 Å². The number of aryl methyl sites for hydroxylation is 2. The third-order valence-corrected chi connectivity index (χ3v) is 3.47. The second kappa shape index (κ2) is 4.40. The van der Waals surface area contributed by atoms with Crippen molar-refractivity contribution in [3.8, 4) is 11.5 Å². The van der Waals surface area contributed by atoms with Crippen LogP contribution in [0.5, 0.6) is 0 Å². The van der Waals surface area contributed by atoms with Crippen molar-refractivity contribution in [2.24, 2.45) is 7.05 Å². The van der Waals surface area contributed by atoms with E-state index in [2.05, 4.69) is 15.3 Å². The fraction of sp³-hybridized carbons (Fsp3) is 0.462. The fourth-order valence-electron chi connectivity index (χ4n) is 2.49. The van der Waals surface area contributed by atoms with Crippen molar-refractivity contribution >= 4 is 5.82 Å². The minimum atomic E-state index is 0.764. The van der Waals surface area contributed by atoms with Crippen molar-refractivity contribution in [1.29, 1.82) is 0 Å². The van der Waals surface area contributed by atoms with Gasteiger partial charge >= 0.3 is 0 Å². The maximum Gasteiger partial charge on any atom is 0.180 e. The first-order chi connectivity index (χ1) is 8.79. The van der Waals surface area contributed by atoms with Crippen molar-refractivity contribution in [2.45, 2.75) is 25.7 Å². The zero-order valence-electron chi connectivity index (χ0n) is 10.8. The van der Waals surface area contributed by atoms with Crippen LogP contribution in [0, 0.1) is 0 Å². The van der Waals surface area contributed by atoms with Crippen LogP contribution < -0.4 is 5.32 Å². The third kappa shape index (κ3) is 1.75. The van der Waals surface area contributed by atoms with Gasteiger partial charge in [-0.25, -0.2) is 15.0 Å². The number of imidazole rings is 1. The third-order valence-electron chi connectivity index (χ3n) is 3.47. The molecule has 2 heterocycles. The second-order valence-electron chi connectivity index (χ2n) is 4.67. The predicted molar refractivity (Wildman–Crippen MR) is 70.4 cm³/mol. The molecule has 3 rings (SSSR count). The first-order valence-corrected chi connectivity index (χ1v) is 6.34. The molecule has 0 aliphatic heterocycles. The lowest BCUT2D eigenvalue weighted by Gasteiger charge is -2.18. The molecule has 0 atom stereocenters. The minimum Gasteiger partial charge on any atom is -0.373 e. The SMILES string of the molecule is CNc1nc(-c2cncn2C)nc2c1CCCC2. The van der Waals surface area contributed by atoms with E-state index in [1.807, 2.05) is 24.9 Å². The number of anilines is 1. The van der Waals surface area contributed by atoms with Gasteiger partial charge in [0.05, 0.1) is 12.5 Å². The van der Waals surface area contributed by atoms with Gasteiger partial charge < -0.3 is 9.88 Å². The largest absolute Gasteiger partial charge is 0.373 e. The first-order valence-electron chi connectivity index (χ1n) is 6.34. The van der Waals surface area contributed by atoms with E-state index in [1.54, 1.807) is 6.33 Å². The van der Waals surface area contributed by atoms with E-state index in [0.717, 1.165) is 30.2 Å². The number of hydrogen-bond acceptors (Lipinski definition) is 4. The number of fused-ring (bicyclic) bond motifs is 1. The topological polar surface area (TPSA) is 55.6 Å². The molecule has 1 aliphatic carbocycles. The summed E-state index contributed by atoms with van der Waals surface area (Å²) in [6, 6.07) is 0. The average molecular weight is 243 g/mol. The normalized spacial score (nSPS) is 14.3. The van der Waals surface area contributed by atoms with Gasteiger partial charge in [-0.15, -0.1) is 0 Å². The van der Waals surface area contributed by atoms with Crippen LogP contribution in [0.4, 0.5) is 5.82 Å². The summed E-state index contributed by atoms with van der Waals surface area (Å²) in [6.45, 7) is 0. The molecule has 0 spiro atoms. The maximum atomic E-state index is 4.71. The lowest BCUT2D eigenvalue weighted by atomic mass is 9.96. The summed E-state index contributed by atoms with van der Waals surface area (Å²) in [7, 11) is 3.88. The molecule has 1 N–H and O–H groups in total. The Balaban J connectivity index is 2.14. The highest BCUT2D eigenvalue weighted by Crippen LogP contribution is 2.27. The van der Waals surface area contributed by atoms with Gasteiger partial charge in [-0.2, -0.15) is 0 Å². The molecule has 0 radical (unpaired) electrons. The first kappa shape index (κ1) is 11.2. The van der Waals surface area contributed by atoms with E-state index in [4.69, 9.17) is 4.98 Å². The average Bonchev–Trinajstić information content (AvgIpc) is 2.83. The monoisotopic (exact) mass is 243 g/mol. The second-order valence-corrected chi connectivity index (χ2v) is 4.67. The molecule has 5 heteroatoms. The summed E-state index contributed by atoms with van der Waals surface area (Å²) in [6.07, 6.45) is 8.17. The molecule has 5 nitrogen and oxygen atoms in total. The van der Waals surface area contributed by atoms with Crippen molar-refractivity contribution in [1.82, 2.24) is 19.5 Å². The summed E-state index contributed by atoms with van der Waals surface area (Å²) >= 11 is 0. The van der Waals surface area contributed by atoms with Crippen molar-refractivity contribution in [3.63, 3.8) is 0 Å². The summed E-state index contributed by atoms with van der Waals surface area (Å²) in [5.41, 5.74) is 3.44. The number of rotatable bonds is 2. The number of hydrogen-bond donors (Lipinski definition) is 1. The van der Waals surface area contributed by atoms with Gasteiger partial charge in [-0.1, -0.05) is 0 Å². The smallest absolute Gasteiger partial charge is 0.180 e. The molecular weight excluding hydrogens is 226 g/mol. The summed E-state index contributed by atoms with van der Waals surface area (Å²) < 4.78 is 1.95. The van der Waals surface area contributed by atoms with Crippen LogP contribution in [0.2, 0.25) is 0 Å². The Morgan fingerprint density at radius 1 is 1.22 bits per heavy atom. The summed E-state index contributed by atoms with van der Waals surface area (Å²) in [5.74, 6) is 1.73. The van der Waals surface area contributed by atoms with E-state index >= 15 is 0 Å². The molecule has 18 heavy (non-hydrogen) atoms. The van der Waals surface area contributed by atoms with Crippen LogP contribution in [0.1, 0.15) is 24.1 Å². The zero-order valence-corrected chi connectivity index (χ0v) is 10.8. The van der Waals surface area contributed by atoms with E-state index < -0.39 is 0 Å². The Labute approximate surface area is 106 Å². The molecular formula is C13H17N5. The van der Waals surface area contributed by atoms with Gasteiger partial charge in [-0.05, 0) is 25.7 Å². The van der Waals surface area contributed by atoms with Crippen molar-refractivity contribution < 1.29 is 0 Å². The van der Waals surface area contributed by atoms with E-state index in [1.165, 1.54) is 24.1 Å². The Morgan fingerprint density at radius 3 is 2.78 bits per heavy atom. The van der Waals surface area contributed by atoms with Crippen LogP contribution in [0.15, 0.2) is 12.5 Å². The highest BCUT2D eigenvalue weighted by Gasteiger charge is 2.18. The van der Waals surface area contributed by atoms with E-state index in [0.29, 0.717) is 0 Å². The van der Waals surface area contributed by atoms with Gasteiger partial charge in [0.1, 0.15) is 11.5 Å². The minimum absolute atomic E-state index is 0.764. The van der Waals surface area contributed by atoms with Crippen LogP contribution in [0.3, 0.4) is 0 Å². The highest BCUT2D eigenvalue weighted by atomic mass is 15.1. The van der Waals surface area contributed by atoms with Crippen LogP contribution in [-0.2, 0) is 19.9 Å². The van der Waals surface area contributed by atoms with Crippen molar-refractivity contribution in [2.75, 3.05) is 12.4 Å². The molecule has 94 valence electrons. The Morgan fingerprint density at radius 2 is 2.06 bits per heavy atom. The molecule has 1 aliphatic rings. The van der Waals surface area contributed by atoms with Crippen molar-refractivity contribution in [3.05, 3.63) is 23.8 Å². The van der Waals surface area contributed by atoms with Crippen LogP contribution in [0.25, 0.3) is 11.5 Å². The molecule has 0 bridgehead atoms. The standard InChI is InChI=1S/C13H17N5/c1-14-12-9-5-3-4-6-10(9)16-13(17-12)11-7-15-8-18(11)2/h7-8H,3-6H2,1-2H3,(H,14,16,17). The Hall–Kier alpha value is -1.91. The van der Waals surface area contributed by atoms with Gasteiger partial charge in [0, 0.05) is 25.4 Å². The molecule has 2 aromatic heterocycles. The van der Waals surface area contributed by atoms with Crippen LogP contribution >= 0.6 is 0 Å². The van der Waals surface area contributed by atoms with Gasteiger partial charge in [0.25, 0.3) is 0 Å². The lowest BCUT2D eigenvalue weighted by Crippen LogP contribution is -2.12. The zero-order chi connectivity index (χ0) is 12.5. The Bertz CT molecular complexity index is 556. The quantitative estimate of drug-likeness (QED) is 0.873. The molecule has 0 aromatic carbocycles. The summed E-state index contributed by atoms with van der Waals surface area (Å²) in [4.78, 5) is 13.5. The van der Waals surface area contributed by atoms with Crippen LogP contribution in [-0.4, -0.2) is 26.6 Å². The van der Waals surface area contributed by atoms with Gasteiger partial charge in [0.2, 0.25) is 0 Å². The molecule has 0 saturated heterocycles. The summed E-state index contributed by atoms with van der Waals surface area (Å²) in [5, 5.41) is 3.20. The molecule has 0 fully saturated rings. The highest BCUT2D eigenvalue weighted by molar-refractivity contribution is 5.57. The number of nitrogens with zero attached hydrogens (tertiary/aromatic N) is 4. The Kier molecular flexibility index (Phi) is 2.74.